The summed E-state index contributed by atoms with van der Waals surface area (Å²) in [5.41, 5.74) is -0.330. The number of nitrogens with one attached hydrogen (secondary N) is 1. The molecule has 5 nitrogen and oxygen atoms in total. The minimum atomic E-state index is -6.02. The van der Waals surface area contributed by atoms with Crippen molar-refractivity contribution in [2.45, 2.75) is 12.1 Å². The number of halogens is 5. The highest BCUT2D eigenvalue weighted by Gasteiger charge is 2.63. The van der Waals surface area contributed by atoms with Gasteiger partial charge in [0.2, 0.25) is 0 Å². The first-order chi connectivity index (χ1) is 8.09. The van der Waals surface area contributed by atoms with Crippen LogP contribution in [0.4, 0.5) is 27.8 Å². The second-order valence-electron chi connectivity index (χ2n) is 3.20. The fraction of sp³-hybridized carbons (Fsp3) is 0.375. The van der Waals surface area contributed by atoms with E-state index in [2.05, 4.69) is 5.10 Å². The Bertz CT molecular complexity index is 513. The lowest BCUT2D eigenvalue weighted by Crippen LogP contribution is -2.47. The molecule has 1 rings (SSSR count). The molecular weight excluding hydrogens is 263 g/mol. The van der Waals surface area contributed by atoms with Gasteiger partial charge in [-0.15, -0.1) is 0 Å². The van der Waals surface area contributed by atoms with Gasteiger partial charge in [-0.05, 0) is 0 Å². The van der Waals surface area contributed by atoms with Gasteiger partial charge >= 0.3 is 18.0 Å². The normalized spacial score (nSPS) is 12.1. The second kappa shape index (κ2) is 4.25. The Labute approximate surface area is 96.8 Å². The van der Waals surface area contributed by atoms with Crippen molar-refractivity contribution in [1.29, 1.82) is 5.26 Å². The zero-order valence-corrected chi connectivity index (χ0v) is 8.72. The molecule has 0 saturated carbocycles. The maximum Gasteiger partial charge on any atom is 0.463 e. The van der Waals surface area contributed by atoms with Crippen LogP contribution < -0.4 is 5.32 Å². The van der Waals surface area contributed by atoms with E-state index >= 15 is 0 Å². The molecule has 0 saturated heterocycles. The summed E-state index contributed by atoms with van der Waals surface area (Å²) >= 11 is 0. The van der Waals surface area contributed by atoms with Gasteiger partial charge < -0.3 is 5.32 Å². The van der Waals surface area contributed by atoms with Gasteiger partial charge in [-0.3, -0.25) is 9.48 Å². The van der Waals surface area contributed by atoms with Gasteiger partial charge in [0, 0.05) is 13.2 Å². The van der Waals surface area contributed by atoms with E-state index in [1.54, 1.807) is 0 Å². The first-order valence-corrected chi connectivity index (χ1v) is 4.29. The van der Waals surface area contributed by atoms with Crippen molar-refractivity contribution >= 4 is 11.7 Å². The molecule has 0 spiro atoms. The van der Waals surface area contributed by atoms with Crippen molar-refractivity contribution in [3.8, 4) is 6.07 Å². The van der Waals surface area contributed by atoms with Crippen LogP contribution in [0, 0.1) is 11.3 Å². The van der Waals surface area contributed by atoms with Crippen molar-refractivity contribution in [3.05, 3.63) is 11.8 Å². The first kappa shape index (κ1) is 13.9. The second-order valence-corrected chi connectivity index (χ2v) is 3.20. The number of nitrogens with zero attached hydrogens (tertiary/aromatic N) is 3. The highest BCUT2D eigenvalue weighted by Crippen LogP contribution is 2.36. The molecule has 0 unspecified atom stereocenters. The fourth-order valence-corrected chi connectivity index (χ4v) is 0.977. The molecule has 0 bridgehead atoms. The average molecular weight is 268 g/mol. The van der Waals surface area contributed by atoms with Crippen LogP contribution in [0.15, 0.2) is 6.20 Å². The summed E-state index contributed by atoms with van der Waals surface area (Å²) in [6.45, 7) is 0. The van der Waals surface area contributed by atoms with Gasteiger partial charge in [0.1, 0.15) is 11.6 Å². The van der Waals surface area contributed by atoms with Crippen LogP contribution in [0.2, 0.25) is 0 Å². The van der Waals surface area contributed by atoms with Crippen LogP contribution in [0.5, 0.6) is 0 Å². The van der Waals surface area contributed by atoms with Crippen molar-refractivity contribution in [2.24, 2.45) is 7.05 Å². The summed E-state index contributed by atoms with van der Waals surface area (Å²) < 4.78 is 61.8. The Morgan fingerprint density at radius 3 is 2.44 bits per heavy atom. The molecule has 98 valence electrons. The summed E-state index contributed by atoms with van der Waals surface area (Å²) in [6, 6.07) is 1.49. The van der Waals surface area contributed by atoms with Gasteiger partial charge in [-0.1, -0.05) is 0 Å². The lowest BCUT2D eigenvalue weighted by atomic mass is 10.3. The number of amides is 1. The number of hydrogen-bond acceptors (Lipinski definition) is 3. The molecular formula is C8H5F5N4O. The highest BCUT2D eigenvalue weighted by atomic mass is 19.4. The molecule has 1 aromatic rings. The number of nitriles is 1. The molecule has 0 aliphatic rings. The Morgan fingerprint density at radius 2 is 2.00 bits per heavy atom. The molecule has 0 atom stereocenters. The number of aromatic nitrogens is 2. The van der Waals surface area contributed by atoms with Gasteiger partial charge in [0.15, 0.2) is 5.82 Å². The lowest BCUT2D eigenvalue weighted by Gasteiger charge is -2.17. The molecule has 1 aromatic heterocycles. The van der Waals surface area contributed by atoms with Crippen molar-refractivity contribution in [2.75, 3.05) is 5.32 Å². The summed E-state index contributed by atoms with van der Waals surface area (Å²) in [6.07, 6.45) is -4.96. The quantitative estimate of drug-likeness (QED) is 0.825. The van der Waals surface area contributed by atoms with E-state index in [4.69, 9.17) is 5.26 Å². The zero-order chi connectivity index (χ0) is 14.1. The predicted molar refractivity (Wildman–Crippen MR) is 47.6 cm³/mol. The van der Waals surface area contributed by atoms with Crippen LogP contribution in [0.1, 0.15) is 5.56 Å². The van der Waals surface area contributed by atoms with Crippen LogP contribution in [0.3, 0.4) is 0 Å². The number of hydrogen-bond donors (Lipinski definition) is 1. The van der Waals surface area contributed by atoms with Gasteiger partial charge in [0.05, 0.1) is 0 Å². The minimum Gasteiger partial charge on any atom is -0.302 e. The zero-order valence-electron chi connectivity index (χ0n) is 8.72. The molecule has 0 aliphatic carbocycles. The number of alkyl halides is 5. The Hall–Kier alpha value is -2.18. The third kappa shape index (κ3) is 2.39. The molecule has 0 aliphatic heterocycles. The van der Waals surface area contributed by atoms with E-state index in [-0.39, 0.29) is 5.56 Å². The standard InChI is InChI=1S/C8H5F5N4O/c1-17-3-4(2-14)5(16-17)15-6(18)7(9,10)8(11,12)13/h3H,1H3,(H,15,16,18). The van der Waals surface area contributed by atoms with Crippen molar-refractivity contribution in [3.63, 3.8) is 0 Å². The summed E-state index contributed by atoms with van der Waals surface area (Å²) in [5, 5.41) is 13.2. The number of carbonyl (C=O) groups is 1. The predicted octanol–water partition coefficient (Wildman–Crippen LogP) is 1.43. The molecule has 0 fully saturated rings. The molecule has 0 aromatic carbocycles. The maximum atomic E-state index is 12.6. The van der Waals surface area contributed by atoms with E-state index in [0.717, 1.165) is 10.9 Å². The Balaban J connectivity index is 2.99. The van der Waals surface area contributed by atoms with Crippen LogP contribution in [-0.2, 0) is 11.8 Å². The van der Waals surface area contributed by atoms with Crippen molar-refractivity contribution in [1.82, 2.24) is 9.78 Å². The van der Waals surface area contributed by atoms with E-state index in [1.807, 2.05) is 0 Å². The molecule has 1 N–H and O–H groups in total. The van der Waals surface area contributed by atoms with E-state index in [9.17, 15) is 26.7 Å². The Kier molecular flexibility index (Phi) is 3.27. The maximum absolute atomic E-state index is 12.6. The van der Waals surface area contributed by atoms with Gasteiger partial charge in [0.25, 0.3) is 0 Å². The summed E-state index contributed by atoms with van der Waals surface area (Å²) in [4.78, 5) is 10.8. The monoisotopic (exact) mass is 268 g/mol. The Morgan fingerprint density at radius 1 is 1.44 bits per heavy atom. The third-order valence-corrected chi connectivity index (χ3v) is 1.82. The summed E-state index contributed by atoms with van der Waals surface area (Å²) in [7, 11) is 1.30. The highest BCUT2D eigenvalue weighted by molar-refractivity contribution is 5.96. The number of carbonyl (C=O) groups excluding carboxylic acids is 1. The summed E-state index contributed by atoms with van der Waals surface area (Å²) in [5.74, 6) is -8.81. The van der Waals surface area contributed by atoms with Crippen LogP contribution >= 0.6 is 0 Å². The third-order valence-electron chi connectivity index (χ3n) is 1.82. The topological polar surface area (TPSA) is 70.7 Å². The van der Waals surface area contributed by atoms with Gasteiger partial charge in [-0.25, -0.2) is 0 Å². The molecule has 1 amide bonds. The van der Waals surface area contributed by atoms with Crippen LogP contribution in [0.25, 0.3) is 0 Å². The number of anilines is 1. The minimum absolute atomic E-state index is 0.330. The average Bonchev–Trinajstić information content (AvgIpc) is 2.56. The number of rotatable bonds is 2. The molecule has 0 radical (unpaired) electrons. The van der Waals surface area contributed by atoms with E-state index < -0.39 is 23.8 Å². The molecule has 1 heterocycles. The van der Waals surface area contributed by atoms with E-state index in [1.165, 1.54) is 18.4 Å². The smallest absolute Gasteiger partial charge is 0.302 e. The largest absolute Gasteiger partial charge is 0.463 e. The SMILES string of the molecule is Cn1cc(C#N)c(NC(=O)C(F)(F)C(F)(F)F)n1. The first-order valence-electron chi connectivity index (χ1n) is 4.29. The molecule has 18 heavy (non-hydrogen) atoms. The van der Waals surface area contributed by atoms with Crippen LogP contribution in [-0.4, -0.2) is 27.8 Å². The van der Waals surface area contributed by atoms with Crippen molar-refractivity contribution < 1.29 is 26.7 Å². The molecule has 10 heteroatoms. The van der Waals surface area contributed by atoms with E-state index in [0.29, 0.717) is 0 Å². The fourth-order valence-electron chi connectivity index (χ4n) is 0.977. The van der Waals surface area contributed by atoms with Gasteiger partial charge in [-0.2, -0.15) is 32.3 Å². The lowest BCUT2D eigenvalue weighted by molar-refractivity contribution is -0.267. The number of aryl methyl sites for hydroxylation is 1.